The molecule has 180 valence electrons. The van der Waals surface area contributed by atoms with Crippen molar-refractivity contribution < 1.29 is 19.2 Å². The molecule has 2 aliphatic heterocycles. The number of anilines is 2. The average molecular weight is 486 g/mol. The van der Waals surface area contributed by atoms with Gasteiger partial charge in [0, 0.05) is 50.5 Å². The van der Waals surface area contributed by atoms with Gasteiger partial charge in [0.1, 0.15) is 0 Å². The van der Waals surface area contributed by atoms with Gasteiger partial charge in [0.25, 0.3) is 11.6 Å². The van der Waals surface area contributed by atoms with Crippen LogP contribution in [0.15, 0.2) is 42.5 Å². The van der Waals surface area contributed by atoms with E-state index in [2.05, 4.69) is 15.5 Å². The van der Waals surface area contributed by atoms with Crippen LogP contribution in [0.2, 0.25) is 0 Å². The van der Waals surface area contributed by atoms with Crippen molar-refractivity contribution in [3.63, 3.8) is 0 Å². The zero-order chi connectivity index (χ0) is 23.9. The van der Waals surface area contributed by atoms with Crippen LogP contribution in [-0.4, -0.2) is 73.4 Å². The first kappa shape index (κ1) is 24.0. The minimum atomic E-state index is -0.519. The summed E-state index contributed by atoms with van der Waals surface area (Å²) < 4.78 is 10.8. The summed E-state index contributed by atoms with van der Waals surface area (Å²) in [5.41, 5.74) is 2.57. The number of nitro benzene ring substituents is 1. The molecular weight excluding hydrogens is 458 g/mol. The van der Waals surface area contributed by atoms with Gasteiger partial charge in [-0.3, -0.25) is 25.1 Å². The summed E-state index contributed by atoms with van der Waals surface area (Å²) in [6.07, 6.45) is 0. The van der Waals surface area contributed by atoms with Crippen LogP contribution in [0.25, 0.3) is 0 Å². The maximum Gasteiger partial charge on any atom is 0.270 e. The normalized spacial score (nSPS) is 16.6. The van der Waals surface area contributed by atoms with Crippen LogP contribution in [0.5, 0.6) is 0 Å². The molecule has 0 spiro atoms. The van der Waals surface area contributed by atoms with Crippen molar-refractivity contribution in [1.82, 2.24) is 10.2 Å². The van der Waals surface area contributed by atoms with E-state index in [4.69, 9.17) is 21.7 Å². The molecular formula is C23H27N5O5S. The second-order valence-electron chi connectivity index (χ2n) is 8.05. The van der Waals surface area contributed by atoms with Crippen molar-refractivity contribution in [3.05, 3.63) is 63.7 Å². The molecule has 2 aromatic rings. The van der Waals surface area contributed by atoms with Crippen LogP contribution in [0.3, 0.4) is 0 Å². The molecule has 2 aliphatic rings. The highest BCUT2D eigenvalue weighted by atomic mass is 32.1. The lowest BCUT2D eigenvalue weighted by Crippen LogP contribution is -2.39. The predicted octanol–water partition coefficient (Wildman–Crippen LogP) is 2.39. The van der Waals surface area contributed by atoms with Crippen molar-refractivity contribution in [2.75, 3.05) is 62.8 Å². The molecule has 0 unspecified atom stereocenters. The lowest BCUT2D eigenvalue weighted by Gasteiger charge is -2.30. The van der Waals surface area contributed by atoms with Gasteiger partial charge in [-0.1, -0.05) is 12.1 Å². The maximum absolute atomic E-state index is 13.0. The summed E-state index contributed by atoms with van der Waals surface area (Å²) in [4.78, 5) is 28.1. The number of rotatable bonds is 6. The van der Waals surface area contributed by atoms with Crippen LogP contribution < -0.4 is 15.5 Å². The van der Waals surface area contributed by atoms with Crippen LogP contribution in [-0.2, 0) is 16.0 Å². The van der Waals surface area contributed by atoms with Crippen LogP contribution in [0, 0.1) is 10.1 Å². The highest BCUT2D eigenvalue weighted by Gasteiger charge is 2.22. The van der Waals surface area contributed by atoms with Gasteiger partial charge in [0.15, 0.2) is 5.11 Å². The van der Waals surface area contributed by atoms with E-state index in [-0.39, 0.29) is 16.4 Å². The Morgan fingerprint density at radius 3 is 2.29 bits per heavy atom. The number of thiocarbonyl (C=S) groups is 1. The Balaban J connectivity index is 1.40. The fourth-order valence-electron chi connectivity index (χ4n) is 3.94. The molecule has 4 rings (SSSR count). The van der Waals surface area contributed by atoms with E-state index in [0.717, 1.165) is 38.5 Å². The molecule has 2 fully saturated rings. The SMILES string of the molecule is O=C(NC(=S)Nc1ccc(CN2CCOCC2)cc1)c1cc([N+](=O)[O-])ccc1N1CCOCC1. The smallest absolute Gasteiger partial charge is 0.270 e. The summed E-state index contributed by atoms with van der Waals surface area (Å²) >= 11 is 5.33. The Kier molecular flexibility index (Phi) is 8.01. The molecule has 2 N–H and O–H groups in total. The largest absolute Gasteiger partial charge is 0.379 e. The lowest BCUT2D eigenvalue weighted by molar-refractivity contribution is -0.384. The Morgan fingerprint density at radius 1 is 1.00 bits per heavy atom. The number of nitro groups is 1. The van der Waals surface area contributed by atoms with Gasteiger partial charge < -0.3 is 19.7 Å². The average Bonchev–Trinajstić information content (AvgIpc) is 2.86. The Morgan fingerprint density at radius 2 is 1.65 bits per heavy atom. The fourth-order valence-corrected chi connectivity index (χ4v) is 4.15. The molecule has 2 saturated heterocycles. The van der Waals surface area contributed by atoms with Crippen molar-refractivity contribution in [1.29, 1.82) is 0 Å². The van der Waals surface area contributed by atoms with E-state index in [1.807, 2.05) is 29.2 Å². The van der Waals surface area contributed by atoms with Gasteiger partial charge in [-0.2, -0.15) is 0 Å². The van der Waals surface area contributed by atoms with E-state index in [0.29, 0.717) is 32.0 Å². The van der Waals surface area contributed by atoms with Crippen molar-refractivity contribution in [2.24, 2.45) is 0 Å². The molecule has 34 heavy (non-hydrogen) atoms. The van der Waals surface area contributed by atoms with E-state index in [9.17, 15) is 14.9 Å². The molecule has 0 saturated carbocycles. The van der Waals surface area contributed by atoms with Gasteiger partial charge >= 0.3 is 0 Å². The standard InChI is InChI=1S/C23H27N5O5S/c29-22(20-15-19(28(30)31)5-6-21(20)27-9-13-33-14-10-27)25-23(34)24-18-3-1-17(2-4-18)16-26-7-11-32-12-8-26/h1-6,15H,7-14,16H2,(H2,24,25,29,34). The molecule has 1 amide bonds. The van der Waals surface area contributed by atoms with Crippen LogP contribution in [0.1, 0.15) is 15.9 Å². The van der Waals surface area contributed by atoms with Gasteiger partial charge in [-0.05, 0) is 36.0 Å². The summed E-state index contributed by atoms with van der Waals surface area (Å²) in [6, 6.07) is 12.1. The number of hydrogen-bond acceptors (Lipinski definition) is 8. The molecule has 0 aliphatic carbocycles. The first-order valence-electron chi connectivity index (χ1n) is 11.1. The summed E-state index contributed by atoms with van der Waals surface area (Å²) in [7, 11) is 0. The van der Waals surface area contributed by atoms with Crippen LogP contribution in [0.4, 0.5) is 17.1 Å². The Bertz CT molecular complexity index is 1040. The quantitative estimate of drug-likeness (QED) is 0.362. The fraction of sp³-hybridized carbons (Fsp3) is 0.391. The number of benzene rings is 2. The van der Waals surface area contributed by atoms with Gasteiger partial charge in [-0.25, -0.2) is 0 Å². The summed E-state index contributed by atoms with van der Waals surface area (Å²) in [5, 5.41) is 17.0. The second-order valence-corrected chi connectivity index (χ2v) is 8.46. The van der Waals surface area contributed by atoms with Gasteiger partial charge in [0.2, 0.25) is 0 Å². The first-order valence-corrected chi connectivity index (χ1v) is 11.5. The molecule has 0 bridgehead atoms. The second kappa shape index (κ2) is 11.3. The minimum absolute atomic E-state index is 0.116. The van der Waals surface area contributed by atoms with Crippen molar-refractivity contribution in [2.45, 2.75) is 6.54 Å². The highest BCUT2D eigenvalue weighted by Crippen LogP contribution is 2.26. The number of nitrogens with zero attached hydrogens (tertiary/aromatic N) is 3. The molecule has 0 radical (unpaired) electrons. The Labute approximate surface area is 203 Å². The zero-order valence-corrected chi connectivity index (χ0v) is 19.5. The lowest BCUT2D eigenvalue weighted by atomic mass is 10.1. The highest BCUT2D eigenvalue weighted by molar-refractivity contribution is 7.80. The minimum Gasteiger partial charge on any atom is -0.379 e. The molecule has 0 atom stereocenters. The van der Waals surface area contributed by atoms with E-state index >= 15 is 0 Å². The monoisotopic (exact) mass is 485 g/mol. The number of non-ortho nitro benzene ring substituents is 1. The number of morpholine rings is 2. The third-order valence-corrected chi connectivity index (χ3v) is 5.94. The number of ether oxygens (including phenoxy) is 2. The predicted molar refractivity (Wildman–Crippen MR) is 132 cm³/mol. The first-order chi connectivity index (χ1) is 16.5. The van der Waals surface area contributed by atoms with E-state index < -0.39 is 10.8 Å². The van der Waals surface area contributed by atoms with Gasteiger partial charge in [0.05, 0.1) is 42.6 Å². The Hall–Kier alpha value is -3.12. The summed E-state index contributed by atoms with van der Waals surface area (Å²) in [5.74, 6) is -0.508. The maximum atomic E-state index is 13.0. The molecule has 2 heterocycles. The number of hydrogen-bond donors (Lipinski definition) is 2. The van der Waals surface area contributed by atoms with Crippen molar-refractivity contribution >= 4 is 40.3 Å². The number of carbonyl (C=O) groups is 1. The third kappa shape index (κ3) is 6.26. The number of amides is 1. The van der Waals surface area contributed by atoms with Gasteiger partial charge in [-0.15, -0.1) is 0 Å². The van der Waals surface area contributed by atoms with Crippen molar-refractivity contribution in [3.8, 4) is 0 Å². The number of nitrogens with one attached hydrogen (secondary N) is 2. The third-order valence-electron chi connectivity index (χ3n) is 5.74. The number of carbonyl (C=O) groups excluding carboxylic acids is 1. The molecule has 0 aromatic heterocycles. The summed E-state index contributed by atoms with van der Waals surface area (Å²) in [6.45, 7) is 6.44. The molecule has 2 aromatic carbocycles. The molecule has 11 heteroatoms. The molecule has 10 nitrogen and oxygen atoms in total. The zero-order valence-electron chi connectivity index (χ0n) is 18.7. The van der Waals surface area contributed by atoms with Crippen LogP contribution >= 0.6 is 12.2 Å². The topological polar surface area (TPSA) is 109 Å². The van der Waals surface area contributed by atoms with E-state index in [1.54, 1.807) is 6.07 Å². The van der Waals surface area contributed by atoms with E-state index in [1.165, 1.54) is 17.7 Å².